The van der Waals surface area contributed by atoms with Gasteiger partial charge in [0.1, 0.15) is 0 Å². The van der Waals surface area contributed by atoms with Crippen LogP contribution in [0.1, 0.15) is 11.4 Å². The number of rotatable bonds is 5. The summed E-state index contributed by atoms with van der Waals surface area (Å²) < 4.78 is 46.6. The lowest BCUT2D eigenvalue weighted by atomic mass is 10.1. The number of imidazole rings is 1. The molecule has 0 bridgehead atoms. The number of ether oxygens (including phenoxy) is 1. The third-order valence-corrected chi connectivity index (χ3v) is 4.53. The summed E-state index contributed by atoms with van der Waals surface area (Å²) >= 11 is 0. The highest BCUT2D eigenvalue weighted by atomic mass is 19.4. The Morgan fingerprint density at radius 2 is 1.97 bits per heavy atom. The first kappa shape index (κ1) is 21.8. The predicted octanol–water partition coefficient (Wildman–Crippen LogP) is 3.68. The molecule has 7 nitrogen and oxygen atoms in total. The zero-order chi connectivity index (χ0) is 22.9. The van der Waals surface area contributed by atoms with Crippen LogP contribution in [-0.2, 0) is 0 Å². The van der Waals surface area contributed by atoms with Crippen molar-refractivity contribution in [2.45, 2.75) is 13.1 Å². The molecule has 0 saturated carbocycles. The van der Waals surface area contributed by atoms with Crippen LogP contribution in [0.25, 0.3) is 22.5 Å². The summed E-state index contributed by atoms with van der Waals surface area (Å²) in [7, 11) is 1.42. The summed E-state index contributed by atoms with van der Waals surface area (Å²) in [6.45, 7) is 4.84. The van der Waals surface area contributed by atoms with Gasteiger partial charge >= 0.3 is 6.18 Å². The number of hydrogen-bond donors (Lipinski definition) is 3. The highest BCUT2D eigenvalue weighted by molar-refractivity contribution is 5.77. The monoisotopic (exact) mass is 431 g/mol. The molecular weight excluding hydrogens is 411 g/mol. The number of alkyl halides is 3. The van der Waals surface area contributed by atoms with Crippen LogP contribution < -0.4 is 16.2 Å². The van der Waals surface area contributed by atoms with E-state index in [0.29, 0.717) is 22.6 Å². The molecular formula is C21H20F3N5O2. The van der Waals surface area contributed by atoms with Crippen LogP contribution in [0.5, 0.6) is 11.5 Å². The van der Waals surface area contributed by atoms with Gasteiger partial charge in [-0.05, 0) is 43.3 Å². The Balaban J connectivity index is 2.20. The second-order valence-corrected chi connectivity index (χ2v) is 6.62. The molecule has 2 heterocycles. The van der Waals surface area contributed by atoms with Crippen LogP contribution in [0.15, 0.2) is 60.5 Å². The largest absolute Gasteiger partial charge is 0.504 e. The van der Waals surface area contributed by atoms with Crippen molar-refractivity contribution >= 4 is 11.2 Å². The van der Waals surface area contributed by atoms with E-state index in [2.05, 4.69) is 16.7 Å². The summed E-state index contributed by atoms with van der Waals surface area (Å²) in [4.78, 5) is 4.35. The van der Waals surface area contributed by atoms with Crippen LogP contribution in [0.4, 0.5) is 13.2 Å². The van der Waals surface area contributed by atoms with Gasteiger partial charge in [0.2, 0.25) is 0 Å². The Labute approximate surface area is 175 Å². The first-order chi connectivity index (χ1) is 14.6. The average molecular weight is 431 g/mol. The van der Waals surface area contributed by atoms with E-state index in [1.54, 1.807) is 31.2 Å². The maximum Gasteiger partial charge on any atom is 0.418 e. The van der Waals surface area contributed by atoms with Crippen LogP contribution in [0.3, 0.4) is 0 Å². The fourth-order valence-electron chi connectivity index (χ4n) is 3.07. The van der Waals surface area contributed by atoms with Gasteiger partial charge < -0.3 is 21.3 Å². The van der Waals surface area contributed by atoms with Gasteiger partial charge in [0.25, 0.3) is 0 Å². The van der Waals surface area contributed by atoms with Crippen molar-refractivity contribution in [1.29, 1.82) is 0 Å². The number of methoxy groups -OCH3 is 1. The van der Waals surface area contributed by atoms with E-state index in [1.807, 2.05) is 0 Å². The van der Waals surface area contributed by atoms with Crippen LogP contribution in [-0.4, -0.2) is 33.0 Å². The Bertz CT molecular complexity index is 1230. The number of allylic oxidation sites excluding steroid dienone is 3. The minimum absolute atomic E-state index is 0.0249. The van der Waals surface area contributed by atoms with Gasteiger partial charge in [0.05, 0.1) is 29.8 Å². The molecule has 5 N–H and O–H groups in total. The lowest BCUT2D eigenvalue weighted by Crippen LogP contribution is -2.18. The second-order valence-electron chi connectivity index (χ2n) is 6.62. The Morgan fingerprint density at radius 1 is 1.26 bits per heavy atom. The molecule has 0 aliphatic carbocycles. The number of fused-ring (bicyclic) bond motifs is 1. The summed E-state index contributed by atoms with van der Waals surface area (Å²) in [5, 5.41) is 14.3. The van der Waals surface area contributed by atoms with Gasteiger partial charge in [-0.3, -0.25) is 0 Å². The molecule has 0 atom stereocenters. The van der Waals surface area contributed by atoms with Crippen molar-refractivity contribution in [3.63, 3.8) is 0 Å². The van der Waals surface area contributed by atoms with Gasteiger partial charge in [0.15, 0.2) is 17.1 Å². The van der Waals surface area contributed by atoms with E-state index in [1.165, 1.54) is 17.7 Å². The molecule has 2 aromatic heterocycles. The van der Waals surface area contributed by atoms with Crippen LogP contribution >= 0.6 is 0 Å². The average Bonchev–Trinajstić information content (AvgIpc) is 3.03. The standard InChI is InChI=1S/C21H20F3N5O2/c1-11(26)15(21(22,23)24)8-14(10-25)20-12(2)27-19-7-5-16(28-29(19)20)13-4-6-17(30)18(9-13)31-3/h4-10,30H,1,25-26H2,2-3H3/b14-10+,15-8+. The highest BCUT2D eigenvalue weighted by Crippen LogP contribution is 2.33. The van der Waals surface area contributed by atoms with Gasteiger partial charge in [-0.2, -0.15) is 18.3 Å². The molecule has 10 heteroatoms. The Hall–Kier alpha value is -3.95. The van der Waals surface area contributed by atoms with Crippen molar-refractivity contribution in [2.24, 2.45) is 11.5 Å². The quantitative estimate of drug-likeness (QED) is 0.532. The van der Waals surface area contributed by atoms with Gasteiger partial charge in [0, 0.05) is 23.0 Å². The summed E-state index contributed by atoms with van der Waals surface area (Å²) in [6.07, 6.45) is -2.87. The van der Waals surface area contributed by atoms with Crippen LogP contribution in [0.2, 0.25) is 0 Å². The minimum atomic E-state index is -4.71. The zero-order valence-electron chi connectivity index (χ0n) is 16.7. The first-order valence-corrected chi connectivity index (χ1v) is 8.96. The van der Waals surface area contributed by atoms with E-state index >= 15 is 0 Å². The number of aryl methyl sites for hydroxylation is 1. The van der Waals surface area contributed by atoms with Gasteiger partial charge in [-0.15, -0.1) is 0 Å². The number of nitrogens with zero attached hydrogens (tertiary/aromatic N) is 3. The zero-order valence-corrected chi connectivity index (χ0v) is 16.7. The molecule has 0 aliphatic heterocycles. The number of benzene rings is 1. The number of aromatic hydroxyl groups is 1. The number of hydrogen-bond acceptors (Lipinski definition) is 6. The van der Waals surface area contributed by atoms with E-state index in [9.17, 15) is 18.3 Å². The van der Waals surface area contributed by atoms with Crippen molar-refractivity contribution in [1.82, 2.24) is 14.6 Å². The van der Waals surface area contributed by atoms with E-state index in [4.69, 9.17) is 16.2 Å². The number of nitrogens with two attached hydrogens (primary N) is 2. The highest BCUT2D eigenvalue weighted by Gasteiger charge is 2.35. The van der Waals surface area contributed by atoms with Crippen molar-refractivity contribution in [3.8, 4) is 22.8 Å². The first-order valence-electron chi connectivity index (χ1n) is 8.96. The third kappa shape index (κ3) is 4.18. The maximum absolute atomic E-state index is 13.4. The molecule has 0 radical (unpaired) electrons. The minimum Gasteiger partial charge on any atom is -0.504 e. The molecule has 3 rings (SSSR count). The summed E-state index contributed by atoms with van der Waals surface area (Å²) in [5.74, 6) is 0.217. The van der Waals surface area contributed by atoms with Gasteiger partial charge in [-0.25, -0.2) is 9.50 Å². The van der Waals surface area contributed by atoms with Crippen molar-refractivity contribution in [2.75, 3.05) is 7.11 Å². The van der Waals surface area contributed by atoms with Crippen molar-refractivity contribution < 1.29 is 23.0 Å². The lowest BCUT2D eigenvalue weighted by Gasteiger charge is -2.13. The predicted molar refractivity (Wildman–Crippen MR) is 111 cm³/mol. The number of phenols is 1. The number of halogens is 3. The van der Waals surface area contributed by atoms with Gasteiger partial charge in [-0.1, -0.05) is 6.58 Å². The molecule has 0 amide bonds. The molecule has 1 aromatic carbocycles. The number of aromatic nitrogens is 3. The van der Waals surface area contributed by atoms with E-state index in [0.717, 1.165) is 12.3 Å². The SMILES string of the molecule is C=C(N)/C(=C\C(=C/N)c1c(C)nc2ccc(-c3ccc(O)c(OC)c3)nn12)C(F)(F)F. The third-order valence-electron chi connectivity index (χ3n) is 4.53. The fourth-order valence-corrected chi connectivity index (χ4v) is 3.07. The topological polar surface area (TPSA) is 112 Å². The lowest BCUT2D eigenvalue weighted by molar-refractivity contribution is -0.0893. The molecule has 0 spiro atoms. The molecule has 0 saturated heterocycles. The van der Waals surface area contributed by atoms with E-state index < -0.39 is 17.4 Å². The second kappa shape index (κ2) is 8.05. The van der Waals surface area contributed by atoms with Crippen LogP contribution in [0, 0.1) is 6.92 Å². The van der Waals surface area contributed by atoms with Crippen molar-refractivity contribution in [3.05, 3.63) is 71.8 Å². The molecule has 0 aliphatic rings. The summed E-state index contributed by atoms with van der Waals surface area (Å²) in [5.41, 5.74) is 11.5. The molecule has 3 aromatic rings. The smallest absolute Gasteiger partial charge is 0.418 e. The normalized spacial score (nSPS) is 12.9. The molecule has 0 fully saturated rings. The molecule has 31 heavy (non-hydrogen) atoms. The Morgan fingerprint density at radius 3 is 2.55 bits per heavy atom. The molecule has 162 valence electrons. The maximum atomic E-state index is 13.4. The Kier molecular flexibility index (Phi) is 5.65. The fraction of sp³-hybridized carbons (Fsp3) is 0.143. The summed E-state index contributed by atoms with van der Waals surface area (Å²) in [6, 6.07) is 8.04. The van der Waals surface area contributed by atoms with E-state index in [-0.39, 0.29) is 22.8 Å². The molecule has 0 unspecified atom stereocenters. The number of phenolic OH excluding ortho intramolecular Hbond substituents is 1.